The number of aryl methyl sites for hydroxylation is 1. The van der Waals surface area contributed by atoms with E-state index in [9.17, 15) is 0 Å². The predicted molar refractivity (Wildman–Crippen MR) is 106 cm³/mol. The molecule has 0 unspecified atom stereocenters. The van der Waals surface area contributed by atoms with E-state index in [0.29, 0.717) is 5.54 Å². The lowest BCUT2D eigenvalue weighted by Crippen LogP contribution is -2.59. The first kappa shape index (κ1) is 18.6. The molecule has 1 N–H and O–H groups in total. The lowest BCUT2D eigenvalue weighted by atomic mass is 9.79. The molecule has 27 heavy (non-hydrogen) atoms. The van der Waals surface area contributed by atoms with Crippen molar-refractivity contribution in [3.8, 4) is 11.3 Å². The smallest absolute Gasteiger partial charge is 0.0983 e. The van der Waals surface area contributed by atoms with Crippen molar-refractivity contribution in [3.63, 3.8) is 0 Å². The number of nitrogens with zero attached hydrogens (tertiary/aromatic N) is 4. The molecule has 0 spiro atoms. The summed E-state index contributed by atoms with van der Waals surface area (Å²) in [7, 11) is 1.99. The quantitative estimate of drug-likeness (QED) is 0.848. The van der Waals surface area contributed by atoms with Crippen molar-refractivity contribution < 1.29 is 4.74 Å². The van der Waals surface area contributed by atoms with Crippen molar-refractivity contribution in [3.05, 3.63) is 36.3 Å². The van der Waals surface area contributed by atoms with E-state index in [0.717, 1.165) is 50.7 Å². The van der Waals surface area contributed by atoms with E-state index in [1.165, 1.54) is 37.7 Å². The van der Waals surface area contributed by atoms with E-state index in [2.05, 4.69) is 32.6 Å². The van der Waals surface area contributed by atoms with Gasteiger partial charge in [-0.15, -0.1) is 0 Å². The van der Waals surface area contributed by atoms with Gasteiger partial charge in [-0.05, 0) is 25.0 Å². The molecule has 2 aromatic rings. The molecule has 0 bridgehead atoms. The van der Waals surface area contributed by atoms with Crippen LogP contribution in [0, 0.1) is 0 Å². The van der Waals surface area contributed by atoms with Gasteiger partial charge in [0.15, 0.2) is 0 Å². The van der Waals surface area contributed by atoms with Crippen LogP contribution >= 0.6 is 0 Å². The van der Waals surface area contributed by atoms with Crippen LogP contribution in [-0.4, -0.2) is 58.1 Å². The molecule has 6 heteroatoms. The number of hydrogen-bond acceptors (Lipinski definition) is 5. The minimum absolute atomic E-state index is 0.290. The Bertz CT molecular complexity index is 717. The highest BCUT2D eigenvalue weighted by Crippen LogP contribution is 2.34. The summed E-state index contributed by atoms with van der Waals surface area (Å²) >= 11 is 0. The van der Waals surface area contributed by atoms with Gasteiger partial charge in [-0.25, -0.2) is 0 Å². The number of ether oxygens (including phenoxy) is 1. The summed E-state index contributed by atoms with van der Waals surface area (Å²) in [5, 5.41) is 8.44. The molecule has 2 fully saturated rings. The summed E-state index contributed by atoms with van der Waals surface area (Å²) < 4.78 is 7.50. The fraction of sp³-hybridized carbons (Fsp3) is 0.619. The molecule has 1 aliphatic heterocycles. The van der Waals surface area contributed by atoms with Gasteiger partial charge in [0.25, 0.3) is 0 Å². The second-order valence-corrected chi connectivity index (χ2v) is 7.91. The summed E-state index contributed by atoms with van der Waals surface area (Å²) in [6.07, 6.45) is 12.5. The molecule has 3 heterocycles. The Labute approximate surface area is 161 Å². The zero-order valence-corrected chi connectivity index (χ0v) is 16.4. The molecule has 1 saturated heterocycles. The standard InChI is InChI=1S/C21H31N5O/c1-25-16-19(20(24-25)18-6-5-9-22-14-18)15-23-17-21(7-3-2-4-8-21)26-10-12-27-13-11-26/h5-6,9,14,16,23H,2-4,7-8,10-13,15,17H2,1H3. The van der Waals surface area contributed by atoms with Crippen LogP contribution in [0.2, 0.25) is 0 Å². The summed E-state index contributed by atoms with van der Waals surface area (Å²) in [4.78, 5) is 6.94. The zero-order chi connectivity index (χ0) is 18.5. The number of morpholine rings is 1. The average Bonchev–Trinajstić information content (AvgIpc) is 3.10. The van der Waals surface area contributed by atoms with E-state index in [-0.39, 0.29) is 0 Å². The molecule has 0 aromatic carbocycles. The molecule has 1 saturated carbocycles. The van der Waals surface area contributed by atoms with E-state index in [1.807, 2.05) is 24.0 Å². The lowest BCUT2D eigenvalue weighted by Gasteiger charge is -2.48. The summed E-state index contributed by atoms with van der Waals surface area (Å²) in [5.41, 5.74) is 3.63. The van der Waals surface area contributed by atoms with Crippen molar-refractivity contribution >= 4 is 0 Å². The molecule has 4 rings (SSSR count). The van der Waals surface area contributed by atoms with Crippen molar-refractivity contribution in [1.29, 1.82) is 0 Å². The number of hydrogen-bond donors (Lipinski definition) is 1. The second-order valence-electron chi connectivity index (χ2n) is 7.91. The molecule has 6 nitrogen and oxygen atoms in total. The third kappa shape index (κ3) is 4.23. The van der Waals surface area contributed by atoms with Gasteiger partial charge in [-0.1, -0.05) is 19.3 Å². The Morgan fingerprint density at radius 3 is 2.74 bits per heavy atom. The minimum Gasteiger partial charge on any atom is -0.379 e. The summed E-state index contributed by atoms with van der Waals surface area (Å²) in [5.74, 6) is 0. The fourth-order valence-electron chi connectivity index (χ4n) is 4.70. The first-order chi connectivity index (χ1) is 13.3. The van der Waals surface area contributed by atoms with Gasteiger partial charge in [-0.2, -0.15) is 5.10 Å². The second kappa shape index (κ2) is 8.50. The monoisotopic (exact) mass is 369 g/mol. The molecule has 0 radical (unpaired) electrons. The largest absolute Gasteiger partial charge is 0.379 e. The Hall–Kier alpha value is -1.76. The van der Waals surface area contributed by atoms with Crippen molar-refractivity contribution in [2.75, 3.05) is 32.8 Å². The van der Waals surface area contributed by atoms with E-state index >= 15 is 0 Å². The number of pyridine rings is 1. The Kier molecular flexibility index (Phi) is 5.86. The van der Waals surface area contributed by atoms with Crippen molar-refractivity contribution in [2.45, 2.75) is 44.2 Å². The minimum atomic E-state index is 0.290. The van der Waals surface area contributed by atoms with Gasteiger partial charge in [0.05, 0.1) is 18.9 Å². The highest BCUT2D eigenvalue weighted by Gasteiger charge is 2.38. The summed E-state index contributed by atoms with van der Waals surface area (Å²) in [6, 6.07) is 4.05. The molecule has 146 valence electrons. The number of aromatic nitrogens is 3. The normalized spacial score (nSPS) is 20.6. The Balaban J connectivity index is 1.45. The average molecular weight is 370 g/mol. The zero-order valence-electron chi connectivity index (χ0n) is 16.4. The first-order valence-electron chi connectivity index (χ1n) is 10.2. The van der Waals surface area contributed by atoms with Crippen LogP contribution < -0.4 is 5.32 Å². The molecular formula is C21H31N5O. The molecular weight excluding hydrogens is 338 g/mol. The first-order valence-corrected chi connectivity index (χ1v) is 10.2. The van der Waals surface area contributed by atoms with Crippen LogP contribution in [0.1, 0.15) is 37.7 Å². The van der Waals surface area contributed by atoms with Crippen LogP contribution in [0.15, 0.2) is 30.7 Å². The number of nitrogens with one attached hydrogen (secondary N) is 1. The van der Waals surface area contributed by atoms with Gasteiger partial charge in [0.1, 0.15) is 0 Å². The van der Waals surface area contributed by atoms with Crippen LogP contribution in [-0.2, 0) is 18.3 Å². The highest BCUT2D eigenvalue weighted by molar-refractivity contribution is 5.61. The van der Waals surface area contributed by atoms with E-state index in [1.54, 1.807) is 6.20 Å². The maximum Gasteiger partial charge on any atom is 0.0983 e. The maximum atomic E-state index is 5.60. The topological polar surface area (TPSA) is 55.2 Å². The summed E-state index contributed by atoms with van der Waals surface area (Å²) in [6.45, 7) is 5.74. The number of rotatable bonds is 6. The van der Waals surface area contributed by atoms with Crippen LogP contribution in [0.25, 0.3) is 11.3 Å². The van der Waals surface area contributed by atoms with E-state index in [4.69, 9.17) is 4.74 Å². The van der Waals surface area contributed by atoms with Gasteiger partial charge in [0.2, 0.25) is 0 Å². The van der Waals surface area contributed by atoms with Gasteiger partial charge >= 0.3 is 0 Å². The van der Waals surface area contributed by atoms with Crippen LogP contribution in [0.5, 0.6) is 0 Å². The third-order valence-electron chi connectivity index (χ3n) is 6.08. The van der Waals surface area contributed by atoms with Crippen LogP contribution in [0.3, 0.4) is 0 Å². The molecule has 0 atom stereocenters. The highest BCUT2D eigenvalue weighted by atomic mass is 16.5. The lowest BCUT2D eigenvalue weighted by molar-refractivity contribution is -0.0369. The third-order valence-corrected chi connectivity index (χ3v) is 6.08. The van der Waals surface area contributed by atoms with Gasteiger partial charge in [0, 0.05) is 68.5 Å². The Morgan fingerprint density at radius 2 is 2.00 bits per heavy atom. The predicted octanol–water partition coefficient (Wildman–Crippen LogP) is 2.61. The van der Waals surface area contributed by atoms with Gasteiger partial charge < -0.3 is 10.1 Å². The molecule has 0 amide bonds. The molecule has 2 aromatic heterocycles. The maximum absolute atomic E-state index is 5.60. The van der Waals surface area contributed by atoms with Gasteiger partial charge in [-0.3, -0.25) is 14.6 Å². The molecule has 1 aliphatic carbocycles. The van der Waals surface area contributed by atoms with Crippen molar-refractivity contribution in [2.24, 2.45) is 7.05 Å². The fourth-order valence-corrected chi connectivity index (χ4v) is 4.70. The molecule has 2 aliphatic rings. The van der Waals surface area contributed by atoms with E-state index < -0.39 is 0 Å². The van der Waals surface area contributed by atoms with Crippen LogP contribution in [0.4, 0.5) is 0 Å². The SMILES string of the molecule is Cn1cc(CNCC2(N3CCOCC3)CCCCC2)c(-c2cccnc2)n1. The van der Waals surface area contributed by atoms with Crippen molar-refractivity contribution in [1.82, 2.24) is 25.0 Å². The Morgan fingerprint density at radius 1 is 1.19 bits per heavy atom.